The molecule has 6 nitrogen and oxygen atoms in total. The Kier molecular flexibility index (Phi) is 7.50. The smallest absolute Gasteiger partial charge is 0.191 e. The molecule has 0 bridgehead atoms. The molecule has 0 unspecified atom stereocenters. The maximum atomic E-state index is 5.32. The summed E-state index contributed by atoms with van der Waals surface area (Å²) in [4.78, 5) is 10.9. The molecule has 2 rings (SSSR count). The normalized spacial score (nSPS) is 16.7. The third-order valence-corrected chi connectivity index (χ3v) is 5.09. The van der Waals surface area contributed by atoms with E-state index in [-0.39, 0.29) is 0 Å². The molecule has 0 saturated heterocycles. The number of anilines is 1. The fraction of sp³-hybridized carbons (Fsp3) is 0.684. The molecule has 2 N–H and O–H groups in total. The number of guanidine groups is 1. The molecule has 0 atom stereocenters. The van der Waals surface area contributed by atoms with Gasteiger partial charge < -0.3 is 20.3 Å². The lowest BCUT2D eigenvalue weighted by atomic mass is 9.83. The molecule has 1 aliphatic carbocycles. The van der Waals surface area contributed by atoms with Crippen molar-refractivity contribution in [2.24, 2.45) is 10.4 Å². The molecule has 0 spiro atoms. The number of aromatic nitrogens is 1. The molecule has 0 aromatic carbocycles. The lowest BCUT2D eigenvalue weighted by Gasteiger charge is -2.30. The summed E-state index contributed by atoms with van der Waals surface area (Å²) >= 11 is 0. The third kappa shape index (κ3) is 5.59. The van der Waals surface area contributed by atoms with Crippen molar-refractivity contribution < 1.29 is 4.74 Å². The highest BCUT2D eigenvalue weighted by Crippen LogP contribution is 2.40. The van der Waals surface area contributed by atoms with Crippen molar-refractivity contribution in [3.05, 3.63) is 23.9 Å². The number of pyridine rings is 1. The minimum Gasteiger partial charge on any atom is -0.385 e. The zero-order valence-corrected chi connectivity index (χ0v) is 16.1. The van der Waals surface area contributed by atoms with Crippen LogP contribution in [-0.4, -0.2) is 52.3 Å². The van der Waals surface area contributed by atoms with Crippen LogP contribution >= 0.6 is 0 Å². The summed E-state index contributed by atoms with van der Waals surface area (Å²) < 4.78 is 5.32. The van der Waals surface area contributed by atoms with Gasteiger partial charge in [0.05, 0.1) is 0 Å². The van der Waals surface area contributed by atoms with E-state index in [2.05, 4.69) is 26.7 Å². The van der Waals surface area contributed by atoms with Crippen LogP contribution in [0.2, 0.25) is 0 Å². The van der Waals surface area contributed by atoms with E-state index in [1.54, 1.807) is 7.11 Å². The summed E-state index contributed by atoms with van der Waals surface area (Å²) in [6, 6.07) is 4.07. The Bertz CT molecular complexity index is 553. The number of ether oxygens (including phenoxy) is 1. The maximum absolute atomic E-state index is 5.32. The average Bonchev–Trinajstić information content (AvgIpc) is 3.09. The van der Waals surface area contributed by atoms with Crippen LogP contribution in [0.25, 0.3) is 0 Å². The monoisotopic (exact) mass is 347 g/mol. The maximum Gasteiger partial charge on any atom is 0.191 e. The van der Waals surface area contributed by atoms with Crippen LogP contribution in [0.15, 0.2) is 23.3 Å². The fourth-order valence-electron chi connectivity index (χ4n) is 3.60. The van der Waals surface area contributed by atoms with Gasteiger partial charge >= 0.3 is 0 Å². The molecular formula is C19H33N5O. The molecule has 1 aromatic heterocycles. The summed E-state index contributed by atoms with van der Waals surface area (Å²) in [5.74, 6) is 1.83. The zero-order chi connectivity index (χ0) is 18.1. The lowest BCUT2D eigenvalue weighted by Crippen LogP contribution is -2.43. The summed E-state index contributed by atoms with van der Waals surface area (Å²) in [6.45, 7) is 2.48. The van der Waals surface area contributed by atoms with E-state index in [4.69, 9.17) is 4.74 Å². The molecule has 25 heavy (non-hydrogen) atoms. The van der Waals surface area contributed by atoms with Crippen LogP contribution in [0.1, 0.15) is 37.7 Å². The van der Waals surface area contributed by atoms with Gasteiger partial charge in [-0.05, 0) is 30.7 Å². The highest BCUT2D eigenvalue weighted by molar-refractivity contribution is 5.79. The van der Waals surface area contributed by atoms with Crippen molar-refractivity contribution in [2.75, 3.05) is 46.3 Å². The van der Waals surface area contributed by atoms with Gasteiger partial charge in [-0.3, -0.25) is 4.99 Å². The Morgan fingerprint density at radius 2 is 2.08 bits per heavy atom. The molecule has 140 valence electrons. The minimum absolute atomic E-state index is 0.344. The van der Waals surface area contributed by atoms with E-state index >= 15 is 0 Å². The Morgan fingerprint density at radius 1 is 1.32 bits per heavy atom. The summed E-state index contributed by atoms with van der Waals surface area (Å²) in [5.41, 5.74) is 1.50. The largest absolute Gasteiger partial charge is 0.385 e. The topological polar surface area (TPSA) is 61.8 Å². The van der Waals surface area contributed by atoms with Crippen molar-refractivity contribution in [1.82, 2.24) is 15.6 Å². The first-order chi connectivity index (χ1) is 12.1. The molecule has 0 amide bonds. The Hall–Kier alpha value is -1.82. The van der Waals surface area contributed by atoms with E-state index in [1.807, 2.05) is 38.3 Å². The van der Waals surface area contributed by atoms with Gasteiger partial charge in [-0.2, -0.15) is 0 Å². The number of aliphatic imine (C=N–C) groups is 1. The molecule has 0 radical (unpaired) electrons. The van der Waals surface area contributed by atoms with Crippen molar-refractivity contribution in [3.63, 3.8) is 0 Å². The number of hydrogen-bond acceptors (Lipinski definition) is 4. The predicted molar refractivity (Wildman–Crippen MR) is 104 cm³/mol. The van der Waals surface area contributed by atoms with Gasteiger partial charge in [0.15, 0.2) is 5.96 Å². The first kappa shape index (κ1) is 19.5. The number of nitrogens with zero attached hydrogens (tertiary/aromatic N) is 3. The lowest BCUT2D eigenvalue weighted by molar-refractivity contribution is 0.138. The standard InChI is InChI=1S/C19H33N5O/c1-20-18(22-14-16-8-7-12-21-17(16)24(2)3)23-15-19(11-13-25-4)9-5-6-10-19/h7-8,12H,5-6,9-11,13-15H2,1-4H3,(H2,20,22,23). The van der Waals surface area contributed by atoms with Crippen molar-refractivity contribution in [2.45, 2.75) is 38.6 Å². The number of hydrogen-bond donors (Lipinski definition) is 2. The Balaban J connectivity index is 1.90. The van der Waals surface area contributed by atoms with E-state index < -0.39 is 0 Å². The van der Waals surface area contributed by atoms with Crippen LogP contribution < -0.4 is 15.5 Å². The first-order valence-corrected chi connectivity index (χ1v) is 9.15. The van der Waals surface area contributed by atoms with Gasteiger partial charge in [-0.1, -0.05) is 18.9 Å². The van der Waals surface area contributed by atoms with Gasteiger partial charge in [-0.15, -0.1) is 0 Å². The Morgan fingerprint density at radius 3 is 2.72 bits per heavy atom. The van der Waals surface area contributed by atoms with Crippen LogP contribution in [0, 0.1) is 5.41 Å². The molecule has 1 heterocycles. The quantitative estimate of drug-likeness (QED) is 0.559. The zero-order valence-electron chi connectivity index (χ0n) is 16.1. The second-order valence-electron chi connectivity index (χ2n) is 7.11. The van der Waals surface area contributed by atoms with E-state index in [9.17, 15) is 0 Å². The minimum atomic E-state index is 0.344. The Labute approximate surface area is 152 Å². The van der Waals surface area contributed by atoms with Crippen LogP contribution in [0.4, 0.5) is 5.82 Å². The molecule has 1 fully saturated rings. The predicted octanol–water partition coefficient (Wildman–Crippen LogP) is 2.41. The highest BCUT2D eigenvalue weighted by atomic mass is 16.5. The van der Waals surface area contributed by atoms with Crippen molar-refractivity contribution >= 4 is 11.8 Å². The molecule has 1 aromatic rings. The van der Waals surface area contributed by atoms with Gasteiger partial charge in [0.25, 0.3) is 0 Å². The number of rotatable bonds is 8. The van der Waals surface area contributed by atoms with Crippen molar-refractivity contribution in [3.8, 4) is 0 Å². The van der Waals surface area contributed by atoms with Gasteiger partial charge in [0.1, 0.15) is 5.82 Å². The van der Waals surface area contributed by atoms with Gasteiger partial charge in [0.2, 0.25) is 0 Å². The van der Waals surface area contributed by atoms with Crippen molar-refractivity contribution in [1.29, 1.82) is 0 Å². The SMILES string of the molecule is CN=C(NCc1cccnc1N(C)C)NCC1(CCOC)CCCC1. The van der Waals surface area contributed by atoms with Crippen LogP contribution in [-0.2, 0) is 11.3 Å². The molecule has 6 heteroatoms. The second kappa shape index (κ2) is 9.61. The fourth-order valence-corrected chi connectivity index (χ4v) is 3.60. The molecular weight excluding hydrogens is 314 g/mol. The number of nitrogens with one attached hydrogen (secondary N) is 2. The average molecular weight is 348 g/mol. The highest BCUT2D eigenvalue weighted by Gasteiger charge is 2.33. The third-order valence-electron chi connectivity index (χ3n) is 5.09. The van der Waals surface area contributed by atoms with E-state index in [0.717, 1.165) is 36.9 Å². The molecule has 1 saturated carbocycles. The van der Waals surface area contributed by atoms with Gasteiger partial charge in [0, 0.05) is 59.7 Å². The molecule has 0 aliphatic heterocycles. The second-order valence-corrected chi connectivity index (χ2v) is 7.11. The summed E-state index contributed by atoms with van der Waals surface area (Å²) in [5, 5.41) is 6.95. The first-order valence-electron chi connectivity index (χ1n) is 9.15. The van der Waals surface area contributed by atoms with Crippen LogP contribution in [0.5, 0.6) is 0 Å². The van der Waals surface area contributed by atoms with Crippen LogP contribution in [0.3, 0.4) is 0 Å². The summed E-state index contributed by atoms with van der Waals surface area (Å²) in [6.07, 6.45) is 8.12. The number of methoxy groups -OCH3 is 1. The summed E-state index contributed by atoms with van der Waals surface area (Å²) in [7, 11) is 7.63. The molecule has 1 aliphatic rings. The van der Waals surface area contributed by atoms with E-state index in [1.165, 1.54) is 25.7 Å². The van der Waals surface area contributed by atoms with E-state index in [0.29, 0.717) is 12.0 Å². The van der Waals surface area contributed by atoms with Gasteiger partial charge in [-0.25, -0.2) is 4.98 Å².